The quantitative estimate of drug-likeness (QED) is 0.533. The zero-order valence-electron chi connectivity index (χ0n) is 22.0. The topological polar surface area (TPSA) is 62.2 Å². The summed E-state index contributed by atoms with van der Waals surface area (Å²) in [6.45, 7) is 4.36. The van der Waals surface area contributed by atoms with Gasteiger partial charge in [0, 0.05) is 46.9 Å². The molecule has 6 heteroatoms. The highest BCUT2D eigenvalue weighted by molar-refractivity contribution is 7.09. The van der Waals surface area contributed by atoms with Crippen molar-refractivity contribution in [3.8, 4) is 11.5 Å². The largest absolute Gasteiger partial charge is 0.504 e. The van der Waals surface area contributed by atoms with Gasteiger partial charge >= 0.3 is 0 Å². The van der Waals surface area contributed by atoms with Gasteiger partial charge in [0.25, 0.3) is 0 Å². The normalized spacial score (nSPS) is 40.8. The molecule has 1 aromatic carbocycles. The summed E-state index contributed by atoms with van der Waals surface area (Å²) in [6, 6.07) is 8.75. The highest BCUT2D eigenvalue weighted by atomic mass is 32.1. The summed E-state index contributed by atoms with van der Waals surface area (Å²) >= 11 is 1.77. The van der Waals surface area contributed by atoms with Crippen LogP contribution in [-0.4, -0.2) is 58.7 Å². The summed E-state index contributed by atoms with van der Waals surface area (Å²) < 4.78 is 13.5. The van der Waals surface area contributed by atoms with Gasteiger partial charge in [-0.2, -0.15) is 0 Å². The lowest BCUT2D eigenvalue weighted by Gasteiger charge is -2.75. The van der Waals surface area contributed by atoms with Gasteiger partial charge in [-0.05, 0) is 100 Å². The van der Waals surface area contributed by atoms with Crippen LogP contribution >= 0.6 is 11.3 Å². The van der Waals surface area contributed by atoms with Gasteiger partial charge in [0.2, 0.25) is 0 Å². The van der Waals surface area contributed by atoms with Gasteiger partial charge in [0.05, 0.1) is 5.60 Å². The van der Waals surface area contributed by atoms with Crippen molar-refractivity contribution in [2.45, 2.75) is 93.5 Å². The first-order valence-electron chi connectivity index (χ1n) is 14.4. The molecule has 2 N–H and O–H groups in total. The Balaban J connectivity index is 1.28. The smallest absolute Gasteiger partial charge is 0.165 e. The van der Waals surface area contributed by atoms with Crippen molar-refractivity contribution in [3.05, 3.63) is 45.6 Å². The molecule has 2 aliphatic heterocycles. The van der Waals surface area contributed by atoms with E-state index in [2.05, 4.69) is 35.4 Å². The number of ether oxygens (including phenoxy) is 2. The molecule has 0 radical (unpaired) electrons. The monoisotopic (exact) mass is 521 g/mol. The van der Waals surface area contributed by atoms with E-state index in [1.807, 2.05) is 13.2 Å². The molecule has 1 unspecified atom stereocenters. The number of aliphatic hydroxyl groups is 1. The predicted octanol–water partition coefficient (Wildman–Crippen LogP) is 5.06. The van der Waals surface area contributed by atoms with Crippen LogP contribution in [0.15, 0.2) is 29.6 Å². The summed E-state index contributed by atoms with van der Waals surface area (Å²) in [6.07, 6.45) is 9.25. The second-order valence-electron chi connectivity index (χ2n) is 13.3. The van der Waals surface area contributed by atoms with E-state index in [0.717, 1.165) is 57.4 Å². The van der Waals surface area contributed by atoms with E-state index in [9.17, 15) is 10.2 Å². The summed E-state index contributed by atoms with van der Waals surface area (Å²) in [5.41, 5.74) is 1.11. The number of aryl methyl sites for hydroxylation is 1. The van der Waals surface area contributed by atoms with Crippen LogP contribution in [-0.2, 0) is 23.0 Å². The van der Waals surface area contributed by atoms with Crippen molar-refractivity contribution < 1.29 is 19.7 Å². The van der Waals surface area contributed by atoms with Gasteiger partial charge in [0.1, 0.15) is 11.7 Å². The summed E-state index contributed by atoms with van der Waals surface area (Å²) in [5, 5.41) is 25.4. The molecule has 7 aliphatic rings. The predicted molar refractivity (Wildman–Crippen MR) is 143 cm³/mol. The number of hydrogen-bond donors (Lipinski definition) is 2. The first kappa shape index (κ1) is 23.3. The van der Waals surface area contributed by atoms with Crippen LogP contribution in [0.3, 0.4) is 0 Å². The molecule has 198 valence electrons. The van der Waals surface area contributed by atoms with Gasteiger partial charge in [-0.25, -0.2) is 0 Å². The van der Waals surface area contributed by atoms with Crippen LogP contribution in [0.1, 0.15) is 67.9 Å². The van der Waals surface area contributed by atoms with E-state index in [4.69, 9.17) is 9.47 Å². The molecule has 3 heterocycles. The number of nitrogens with zero attached hydrogens (tertiary/aromatic N) is 1. The molecule has 1 aromatic heterocycles. The summed E-state index contributed by atoms with van der Waals surface area (Å²) in [4.78, 5) is 4.16. The molecule has 0 amide bonds. The second kappa shape index (κ2) is 7.53. The lowest BCUT2D eigenvalue weighted by atomic mass is 9.33. The van der Waals surface area contributed by atoms with Crippen molar-refractivity contribution >= 4 is 11.3 Å². The molecule has 7 atom stereocenters. The van der Waals surface area contributed by atoms with Crippen LogP contribution in [0.2, 0.25) is 0 Å². The Hall–Kier alpha value is -1.60. The standard InChI is InChI=1S/C31H39NO4S/c1-28(34,10-9-21-4-3-15-37-21)23-17-29-11-12-31(23,35-2)27-30(29)13-14-32(18-19-5-6-19)24(29)16-20-7-8-22(33)26(36-27)25(20)30/h3-4,7-8,15,19,23-24,27,33-34H,5-6,9-14,16-18H2,1-2H3/t23?,24-,27+,28-,29-,30+,31+/m1/s1. The first-order chi connectivity index (χ1) is 17.8. The Morgan fingerprint density at radius 3 is 2.84 bits per heavy atom. The summed E-state index contributed by atoms with van der Waals surface area (Å²) in [7, 11) is 1.84. The Labute approximate surface area is 223 Å². The second-order valence-corrected chi connectivity index (χ2v) is 14.4. The fraction of sp³-hybridized carbons (Fsp3) is 0.677. The van der Waals surface area contributed by atoms with Gasteiger partial charge in [-0.15, -0.1) is 11.3 Å². The van der Waals surface area contributed by atoms with Crippen molar-refractivity contribution in [3.63, 3.8) is 0 Å². The molecule has 4 saturated carbocycles. The molecule has 5 aliphatic carbocycles. The Kier molecular flexibility index (Phi) is 4.74. The number of hydrogen-bond acceptors (Lipinski definition) is 6. The molecule has 5 fully saturated rings. The van der Waals surface area contributed by atoms with E-state index in [1.54, 1.807) is 11.3 Å². The molecular weight excluding hydrogens is 482 g/mol. The van der Waals surface area contributed by atoms with Gasteiger partial charge < -0.3 is 19.7 Å². The van der Waals surface area contributed by atoms with Crippen LogP contribution in [0.5, 0.6) is 11.5 Å². The highest BCUT2D eigenvalue weighted by Crippen LogP contribution is 2.77. The third-order valence-electron chi connectivity index (χ3n) is 11.9. The van der Waals surface area contributed by atoms with Gasteiger partial charge in [-0.1, -0.05) is 12.1 Å². The molecule has 37 heavy (non-hydrogen) atoms. The van der Waals surface area contributed by atoms with Crippen molar-refractivity contribution in [2.75, 3.05) is 20.2 Å². The molecule has 9 rings (SSSR count). The fourth-order valence-electron chi connectivity index (χ4n) is 10.1. The van der Waals surface area contributed by atoms with E-state index in [0.29, 0.717) is 11.8 Å². The minimum Gasteiger partial charge on any atom is -0.504 e. The van der Waals surface area contributed by atoms with E-state index in [-0.39, 0.29) is 28.6 Å². The fourth-order valence-corrected chi connectivity index (χ4v) is 10.8. The third-order valence-corrected chi connectivity index (χ3v) is 12.8. The molecule has 4 bridgehead atoms. The lowest BCUT2D eigenvalue weighted by molar-refractivity contribution is -0.302. The average molecular weight is 522 g/mol. The number of benzene rings is 1. The number of likely N-dealkylation sites (tertiary alicyclic amines) is 1. The van der Waals surface area contributed by atoms with E-state index in [1.165, 1.54) is 35.4 Å². The van der Waals surface area contributed by atoms with Crippen LogP contribution in [0, 0.1) is 17.3 Å². The first-order valence-corrected chi connectivity index (χ1v) is 15.3. The average Bonchev–Trinajstić information content (AvgIpc) is 3.40. The van der Waals surface area contributed by atoms with Gasteiger partial charge in [-0.3, -0.25) is 4.90 Å². The molecule has 2 aromatic rings. The SMILES string of the molecule is CO[C@@]12CC[C@@]3(CC1[C@](C)(O)CCc1cccs1)[C@H]1Cc4ccc(O)c5c4[C@@]3(CCN1CC1CC1)[C@@H]2O5. The number of rotatable bonds is 7. The lowest BCUT2D eigenvalue weighted by Crippen LogP contribution is -2.82. The number of aromatic hydroxyl groups is 1. The number of phenolic OH excluding ortho intramolecular Hbond substituents is 1. The third kappa shape index (κ3) is 2.81. The number of piperidine rings is 1. The molecular formula is C31H39NO4S. The summed E-state index contributed by atoms with van der Waals surface area (Å²) in [5.74, 6) is 1.82. The maximum atomic E-state index is 12.3. The molecule has 1 saturated heterocycles. The molecule has 5 nitrogen and oxygen atoms in total. The minimum absolute atomic E-state index is 0.0155. The van der Waals surface area contributed by atoms with Crippen molar-refractivity contribution in [2.24, 2.45) is 17.3 Å². The van der Waals surface area contributed by atoms with Crippen molar-refractivity contribution in [1.29, 1.82) is 0 Å². The van der Waals surface area contributed by atoms with Crippen LogP contribution < -0.4 is 4.74 Å². The number of phenols is 1. The molecule has 2 spiro atoms. The van der Waals surface area contributed by atoms with Gasteiger partial charge in [0.15, 0.2) is 11.5 Å². The van der Waals surface area contributed by atoms with E-state index < -0.39 is 11.2 Å². The zero-order chi connectivity index (χ0) is 25.2. The number of fused-ring (bicyclic) bond motifs is 2. The van der Waals surface area contributed by atoms with Crippen LogP contribution in [0.25, 0.3) is 0 Å². The van der Waals surface area contributed by atoms with Crippen molar-refractivity contribution in [1.82, 2.24) is 4.90 Å². The Bertz CT molecular complexity index is 1240. The van der Waals surface area contributed by atoms with E-state index >= 15 is 0 Å². The Morgan fingerprint density at radius 2 is 2.08 bits per heavy atom. The maximum absolute atomic E-state index is 12.3. The maximum Gasteiger partial charge on any atom is 0.165 e. The number of methoxy groups -OCH3 is 1. The van der Waals surface area contributed by atoms with Crippen LogP contribution in [0.4, 0.5) is 0 Å². The minimum atomic E-state index is -0.870. The highest BCUT2D eigenvalue weighted by Gasteiger charge is 2.81. The Morgan fingerprint density at radius 1 is 1.22 bits per heavy atom. The zero-order valence-corrected chi connectivity index (χ0v) is 22.9. The number of thiophene rings is 1.